The van der Waals surface area contributed by atoms with Gasteiger partial charge in [0.25, 0.3) is 0 Å². The van der Waals surface area contributed by atoms with Crippen molar-refractivity contribution in [2.45, 2.75) is 26.4 Å². The summed E-state index contributed by atoms with van der Waals surface area (Å²) in [5.41, 5.74) is 0.966. The Balaban J connectivity index is 2.43. The average molecular weight is 252 g/mol. The van der Waals surface area contributed by atoms with Crippen molar-refractivity contribution in [3.8, 4) is 5.75 Å². The third-order valence-corrected chi connectivity index (χ3v) is 2.31. The van der Waals surface area contributed by atoms with Gasteiger partial charge in [0, 0.05) is 6.54 Å². The van der Waals surface area contributed by atoms with Crippen LogP contribution in [-0.4, -0.2) is 30.4 Å². The molecule has 2 amide bonds. The Hall–Kier alpha value is -1.75. The highest BCUT2D eigenvalue weighted by atomic mass is 16.5. The number of carbonyl (C=O) groups is 1. The number of urea groups is 1. The Morgan fingerprint density at radius 1 is 1.50 bits per heavy atom. The van der Waals surface area contributed by atoms with Crippen LogP contribution < -0.4 is 15.4 Å². The second-order valence-corrected chi connectivity index (χ2v) is 3.99. The summed E-state index contributed by atoms with van der Waals surface area (Å²) < 4.78 is 5.37. The molecule has 0 radical (unpaired) electrons. The number of benzene rings is 1. The fourth-order valence-corrected chi connectivity index (χ4v) is 1.41. The molecule has 0 spiro atoms. The quantitative estimate of drug-likeness (QED) is 0.714. The predicted octanol–water partition coefficient (Wildman–Crippen LogP) is 1.27. The molecule has 100 valence electrons. The first-order valence-electron chi connectivity index (χ1n) is 6.02. The molecule has 0 aromatic heterocycles. The number of amides is 2. The van der Waals surface area contributed by atoms with Crippen molar-refractivity contribution in [1.29, 1.82) is 0 Å². The van der Waals surface area contributed by atoms with Gasteiger partial charge in [-0.05, 0) is 31.5 Å². The van der Waals surface area contributed by atoms with E-state index in [1.54, 1.807) is 6.92 Å². The van der Waals surface area contributed by atoms with E-state index in [-0.39, 0.29) is 18.7 Å². The van der Waals surface area contributed by atoms with E-state index in [1.165, 1.54) is 0 Å². The van der Waals surface area contributed by atoms with Gasteiger partial charge in [0.05, 0.1) is 19.3 Å². The van der Waals surface area contributed by atoms with Gasteiger partial charge in [-0.2, -0.15) is 0 Å². The molecule has 1 atom stereocenters. The number of hydrogen-bond acceptors (Lipinski definition) is 3. The van der Waals surface area contributed by atoms with Crippen molar-refractivity contribution in [2.24, 2.45) is 0 Å². The summed E-state index contributed by atoms with van der Waals surface area (Å²) in [5, 5.41) is 14.1. The first kappa shape index (κ1) is 14.3. The minimum absolute atomic E-state index is 0.0761. The zero-order valence-electron chi connectivity index (χ0n) is 10.8. The monoisotopic (exact) mass is 252 g/mol. The second kappa shape index (κ2) is 7.55. The van der Waals surface area contributed by atoms with Crippen molar-refractivity contribution < 1.29 is 14.6 Å². The number of hydrogen-bond donors (Lipinski definition) is 3. The summed E-state index contributed by atoms with van der Waals surface area (Å²) in [6.07, 6.45) is 0. The Labute approximate surface area is 107 Å². The van der Waals surface area contributed by atoms with E-state index in [4.69, 9.17) is 9.84 Å². The molecule has 1 aromatic carbocycles. The predicted molar refractivity (Wildman–Crippen MR) is 69.5 cm³/mol. The third kappa shape index (κ3) is 5.05. The molecule has 5 heteroatoms. The number of nitrogens with one attached hydrogen (secondary N) is 2. The maximum absolute atomic E-state index is 11.4. The molecule has 0 heterocycles. The average Bonchev–Trinajstić information content (AvgIpc) is 2.37. The van der Waals surface area contributed by atoms with Gasteiger partial charge in [0.1, 0.15) is 5.75 Å². The van der Waals surface area contributed by atoms with Gasteiger partial charge in [-0.3, -0.25) is 0 Å². The van der Waals surface area contributed by atoms with Gasteiger partial charge >= 0.3 is 6.03 Å². The smallest absolute Gasteiger partial charge is 0.315 e. The number of rotatable bonds is 6. The van der Waals surface area contributed by atoms with E-state index in [0.717, 1.165) is 11.3 Å². The van der Waals surface area contributed by atoms with Gasteiger partial charge in [0.15, 0.2) is 0 Å². The Morgan fingerprint density at radius 3 is 2.94 bits per heavy atom. The van der Waals surface area contributed by atoms with Crippen LogP contribution in [0.2, 0.25) is 0 Å². The van der Waals surface area contributed by atoms with Crippen LogP contribution >= 0.6 is 0 Å². The zero-order chi connectivity index (χ0) is 13.4. The molecule has 18 heavy (non-hydrogen) atoms. The summed E-state index contributed by atoms with van der Waals surface area (Å²) in [7, 11) is 0. The molecule has 1 rings (SSSR count). The van der Waals surface area contributed by atoms with Crippen LogP contribution in [0.5, 0.6) is 5.75 Å². The van der Waals surface area contributed by atoms with Crippen molar-refractivity contribution in [3.63, 3.8) is 0 Å². The molecule has 0 aliphatic rings. The largest absolute Gasteiger partial charge is 0.494 e. The highest BCUT2D eigenvalue weighted by Crippen LogP contribution is 2.12. The molecular formula is C13H20N2O3. The summed E-state index contributed by atoms with van der Waals surface area (Å²) in [6.45, 7) is 4.62. The molecule has 5 nitrogen and oxygen atoms in total. The highest BCUT2D eigenvalue weighted by Gasteiger charge is 2.05. The van der Waals surface area contributed by atoms with Gasteiger partial charge < -0.3 is 20.5 Å². The van der Waals surface area contributed by atoms with E-state index >= 15 is 0 Å². The molecule has 0 fully saturated rings. The Kier molecular flexibility index (Phi) is 6.00. The maximum atomic E-state index is 11.4. The molecule has 3 N–H and O–H groups in total. The van der Waals surface area contributed by atoms with E-state index in [1.807, 2.05) is 31.2 Å². The topological polar surface area (TPSA) is 70.6 Å². The minimum Gasteiger partial charge on any atom is -0.494 e. The van der Waals surface area contributed by atoms with Crippen LogP contribution in [0, 0.1) is 0 Å². The second-order valence-electron chi connectivity index (χ2n) is 3.99. The summed E-state index contributed by atoms with van der Waals surface area (Å²) in [5.74, 6) is 0.793. The fraction of sp³-hybridized carbons (Fsp3) is 0.462. The van der Waals surface area contributed by atoms with Crippen molar-refractivity contribution in [1.82, 2.24) is 10.6 Å². The van der Waals surface area contributed by atoms with E-state index < -0.39 is 0 Å². The highest BCUT2D eigenvalue weighted by molar-refractivity contribution is 5.74. The third-order valence-electron chi connectivity index (χ3n) is 2.31. The minimum atomic E-state index is -0.293. The zero-order valence-corrected chi connectivity index (χ0v) is 10.8. The van der Waals surface area contributed by atoms with E-state index in [2.05, 4.69) is 10.6 Å². The number of aliphatic hydroxyl groups excluding tert-OH is 1. The lowest BCUT2D eigenvalue weighted by atomic mass is 10.2. The van der Waals surface area contributed by atoms with E-state index in [0.29, 0.717) is 13.2 Å². The van der Waals surface area contributed by atoms with Crippen LogP contribution in [0.1, 0.15) is 19.4 Å². The van der Waals surface area contributed by atoms with Crippen LogP contribution in [-0.2, 0) is 6.54 Å². The lowest BCUT2D eigenvalue weighted by molar-refractivity contribution is 0.220. The SMILES string of the molecule is CCOc1cccc(CNC(=O)NC(C)CO)c1. The molecule has 0 saturated heterocycles. The van der Waals surface area contributed by atoms with Gasteiger partial charge in [-0.25, -0.2) is 4.79 Å². The van der Waals surface area contributed by atoms with Crippen LogP contribution in [0.4, 0.5) is 4.79 Å². The van der Waals surface area contributed by atoms with Gasteiger partial charge in [-0.15, -0.1) is 0 Å². The summed E-state index contributed by atoms with van der Waals surface area (Å²) >= 11 is 0. The first-order valence-corrected chi connectivity index (χ1v) is 6.02. The van der Waals surface area contributed by atoms with Crippen molar-refractivity contribution >= 4 is 6.03 Å². The van der Waals surface area contributed by atoms with Crippen molar-refractivity contribution in [3.05, 3.63) is 29.8 Å². The lowest BCUT2D eigenvalue weighted by Gasteiger charge is -2.12. The summed E-state index contributed by atoms with van der Waals surface area (Å²) in [6, 6.07) is 7.02. The number of aliphatic hydroxyl groups is 1. The lowest BCUT2D eigenvalue weighted by Crippen LogP contribution is -2.41. The molecule has 0 aliphatic heterocycles. The molecule has 1 aromatic rings. The normalized spacial score (nSPS) is 11.7. The molecule has 0 saturated carbocycles. The van der Waals surface area contributed by atoms with Gasteiger partial charge in [-0.1, -0.05) is 12.1 Å². The van der Waals surface area contributed by atoms with Crippen LogP contribution in [0.3, 0.4) is 0 Å². The molecular weight excluding hydrogens is 232 g/mol. The number of ether oxygens (including phenoxy) is 1. The van der Waals surface area contributed by atoms with Gasteiger partial charge in [0.2, 0.25) is 0 Å². The van der Waals surface area contributed by atoms with Crippen LogP contribution in [0.15, 0.2) is 24.3 Å². The standard InChI is InChI=1S/C13H20N2O3/c1-3-18-12-6-4-5-11(7-12)8-14-13(17)15-10(2)9-16/h4-7,10,16H,3,8-9H2,1-2H3,(H2,14,15,17). The Bertz CT molecular complexity index is 382. The van der Waals surface area contributed by atoms with Crippen LogP contribution in [0.25, 0.3) is 0 Å². The van der Waals surface area contributed by atoms with E-state index in [9.17, 15) is 4.79 Å². The molecule has 1 unspecified atom stereocenters. The Morgan fingerprint density at radius 2 is 2.28 bits per heavy atom. The first-order chi connectivity index (χ1) is 8.65. The maximum Gasteiger partial charge on any atom is 0.315 e. The number of carbonyl (C=O) groups excluding carboxylic acids is 1. The fourth-order valence-electron chi connectivity index (χ4n) is 1.41. The molecule has 0 bridgehead atoms. The van der Waals surface area contributed by atoms with Crippen molar-refractivity contribution in [2.75, 3.05) is 13.2 Å². The summed E-state index contributed by atoms with van der Waals surface area (Å²) in [4.78, 5) is 11.4. The molecule has 0 aliphatic carbocycles.